The van der Waals surface area contributed by atoms with Crippen molar-refractivity contribution in [2.24, 2.45) is 5.73 Å². The minimum absolute atomic E-state index is 0.162. The maximum absolute atomic E-state index is 13.2. The molecule has 2 unspecified atom stereocenters. The Kier molecular flexibility index (Phi) is 5.13. The minimum atomic E-state index is -4.44. The topological polar surface area (TPSA) is 55.6 Å². The van der Waals surface area contributed by atoms with Gasteiger partial charge in [-0.1, -0.05) is 18.2 Å². The van der Waals surface area contributed by atoms with Crippen LogP contribution in [-0.4, -0.2) is 35.7 Å². The summed E-state index contributed by atoms with van der Waals surface area (Å²) in [5, 5.41) is 0. The smallest absolute Gasteiger partial charge is 0.416 e. The molecule has 1 amide bonds. The van der Waals surface area contributed by atoms with E-state index in [1.807, 2.05) is 0 Å². The number of alkyl halides is 3. The van der Waals surface area contributed by atoms with Crippen LogP contribution in [0.1, 0.15) is 44.2 Å². The molecule has 0 radical (unpaired) electrons. The van der Waals surface area contributed by atoms with Crippen molar-refractivity contribution in [3.8, 4) is 0 Å². The summed E-state index contributed by atoms with van der Waals surface area (Å²) in [6.45, 7) is 5.66. The summed E-state index contributed by atoms with van der Waals surface area (Å²) in [4.78, 5) is 13.6. The number of nitrogens with zero attached hydrogens (tertiary/aromatic N) is 1. The van der Waals surface area contributed by atoms with E-state index in [4.69, 9.17) is 10.5 Å². The fraction of sp³-hybridized carbons (Fsp3) is 0.588. The van der Waals surface area contributed by atoms with E-state index in [0.717, 1.165) is 6.07 Å². The van der Waals surface area contributed by atoms with E-state index in [1.54, 1.807) is 26.8 Å². The van der Waals surface area contributed by atoms with Crippen LogP contribution in [0.25, 0.3) is 0 Å². The lowest BCUT2D eigenvalue weighted by Gasteiger charge is -2.38. The molecule has 1 saturated heterocycles. The van der Waals surface area contributed by atoms with Crippen LogP contribution in [0.2, 0.25) is 0 Å². The molecular weight excluding hydrogens is 321 g/mol. The van der Waals surface area contributed by atoms with Crippen molar-refractivity contribution >= 4 is 6.09 Å². The van der Waals surface area contributed by atoms with Crippen LogP contribution >= 0.6 is 0 Å². The summed E-state index contributed by atoms with van der Waals surface area (Å²) in [6.07, 6.45) is -4.59. The first-order valence-electron chi connectivity index (χ1n) is 7.87. The second-order valence-electron chi connectivity index (χ2n) is 7.16. The number of amides is 1. The van der Waals surface area contributed by atoms with Crippen molar-refractivity contribution in [2.45, 2.75) is 50.9 Å². The number of halogens is 3. The first kappa shape index (κ1) is 18.6. The van der Waals surface area contributed by atoms with Gasteiger partial charge in [0, 0.05) is 25.0 Å². The Labute approximate surface area is 139 Å². The highest BCUT2D eigenvalue weighted by atomic mass is 19.4. The molecule has 2 N–H and O–H groups in total. The van der Waals surface area contributed by atoms with Gasteiger partial charge in [-0.05, 0) is 38.8 Å². The lowest BCUT2D eigenvalue weighted by molar-refractivity contribution is -0.138. The Balaban J connectivity index is 2.25. The molecule has 134 valence electrons. The van der Waals surface area contributed by atoms with E-state index >= 15 is 0 Å². The third kappa shape index (κ3) is 4.63. The number of hydrogen-bond donors (Lipinski definition) is 1. The lowest BCUT2D eigenvalue weighted by Crippen LogP contribution is -2.50. The van der Waals surface area contributed by atoms with E-state index in [9.17, 15) is 18.0 Å². The van der Waals surface area contributed by atoms with Crippen molar-refractivity contribution in [1.82, 2.24) is 4.90 Å². The zero-order valence-electron chi connectivity index (χ0n) is 14.1. The summed E-state index contributed by atoms with van der Waals surface area (Å²) in [5.41, 5.74) is 4.82. The molecule has 0 saturated carbocycles. The molecule has 1 aliphatic rings. The van der Waals surface area contributed by atoms with E-state index in [2.05, 4.69) is 0 Å². The highest BCUT2D eigenvalue weighted by molar-refractivity contribution is 5.68. The normalized spacial score (nSPS) is 22.4. The predicted octanol–water partition coefficient (Wildman–Crippen LogP) is 3.76. The number of benzene rings is 1. The molecule has 0 aromatic heterocycles. The van der Waals surface area contributed by atoms with Crippen molar-refractivity contribution in [2.75, 3.05) is 13.1 Å². The maximum atomic E-state index is 13.2. The Hall–Kier alpha value is -1.76. The number of ether oxygens (including phenoxy) is 1. The molecule has 1 aliphatic heterocycles. The van der Waals surface area contributed by atoms with Crippen LogP contribution in [0.5, 0.6) is 0 Å². The zero-order chi connectivity index (χ0) is 18.1. The Morgan fingerprint density at radius 2 is 1.83 bits per heavy atom. The van der Waals surface area contributed by atoms with Gasteiger partial charge in [-0.25, -0.2) is 4.79 Å². The van der Waals surface area contributed by atoms with E-state index in [-0.39, 0.29) is 18.7 Å². The van der Waals surface area contributed by atoms with Gasteiger partial charge >= 0.3 is 12.3 Å². The molecule has 1 aromatic rings. The molecule has 2 rings (SSSR count). The van der Waals surface area contributed by atoms with Crippen molar-refractivity contribution in [3.05, 3.63) is 35.4 Å². The van der Waals surface area contributed by atoms with Crippen molar-refractivity contribution in [1.29, 1.82) is 0 Å². The fourth-order valence-corrected chi connectivity index (χ4v) is 2.95. The summed E-state index contributed by atoms with van der Waals surface area (Å²) < 4.78 is 45.0. The molecule has 0 aliphatic carbocycles. The Morgan fingerprint density at radius 1 is 1.21 bits per heavy atom. The van der Waals surface area contributed by atoms with Gasteiger partial charge in [0.1, 0.15) is 5.60 Å². The van der Waals surface area contributed by atoms with Gasteiger partial charge in [0.15, 0.2) is 0 Å². The van der Waals surface area contributed by atoms with E-state index < -0.39 is 35.4 Å². The SMILES string of the molecule is CC(C)(C)OC(=O)N1CC(N)CC(c2ccccc2C(F)(F)F)C1. The minimum Gasteiger partial charge on any atom is -0.444 e. The average molecular weight is 344 g/mol. The fourth-order valence-electron chi connectivity index (χ4n) is 2.95. The molecule has 2 atom stereocenters. The number of likely N-dealkylation sites (tertiary alicyclic amines) is 1. The van der Waals surface area contributed by atoms with Crippen LogP contribution in [-0.2, 0) is 10.9 Å². The third-order valence-electron chi connectivity index (χ3n) is 3.84. The predicted molar refractivity (Wildman–Crippen MR) is 84.6 cm³/mol. The second kappa shape index (κ2) is 6.63. The van der Waals surface area contributed by atoms with Crippen LogP contribution in [0.3, 0.4) is 0 Å². The molecule has 0 bridgehead atoms. The number of carbonyl (C=O) groups is 1. The number of hydrogen-bond acceptors (Lipinski definition) is 3. The summed E-state index contributed by atoms with van der Waals surface area (Å²) >= 11 is 0. The van der Waals surface area contributed by atoms with E-state index in [1.165, 1.54) is 17.0 Å². The molecule has 7 heteroatoms. The monoisotopic (exact) mass is 344 g/mol. The highest BCUT2D eigenvalue weighted by Gasteiger charge is 2.38. The van der Waals surface area contributed by atoms with Gasteiger partial charge in [-0.2, -0.15) is 13.2 Å². The Morgan fingerprint density at radius 3 is 2.42 bits per heavy atom. The summed E-state index contributed by atoms with van der Waals surface area (Å²) in [7, 11) is 0. The van der Waals surface area contributed by atoms with Gasteiger partial charge in [0.2, 0.25) is 0 Å². The van der Waals surface area contributed by atoms with Gasteiger partial charge < -0.3 is 15.4 Å². The van der Waals surface area contributed by atoms with Crippen LogP contribution < -0.4 is 5.73 Å². The standard InChI is InChI=1S/C17H23F3N2O2/c1-16(2,3)24-15(23)22-9-11(8-12(21)10-22)13-6-4-5-7-14(13)17(18,19)20/h4-7,11-12H,8-10,21H2,1-3H3. The van der Waals surface area contributed by atoms with Crippen molar-refractivity contribution in [3.63, 3.8) is 0 Å². The zero-order valence-corrected chi connectivity index (χ0v) is 14.1. The molecule has 1 fully saturated rings. The first-order valence-corrected chi connectivity index (χ1v) is 7.87. The van der Waals surface area contributed by atoms with Gasteiger partial charge in [0.05, 0.1) is 5.56 Å². The summed E-state index contributed by atoms with van der Waals surface area (Å²) in [5.74, 6) is -0.473. The number of carbonyl (C=O) groups excluding carboxylic acids is 1. The molecule has 1 aromatic carbocycles. The van der Waals surface area contributed by atoms with E-state index in [0.29, 0.717) is 6.42 Å². The molecule has 24 heavy (non-hydrogen) atoms. The molecule has 1 heterocycles. The van der Waals surface area contributed by atoms with Gasteiger partial charge in [0.25, 0.3) is 0 Å². The lowest BCUT2D eigenvalue weighted by atomic mass is 9.85. The second-order valence-corrected chi connectivity index (χ2v) is 7.16. The Bertz CT molecular complexity index is 596. The third-order valence-corrected chi connectivity index (χ3v) is 3.84. The summed E-state index contributed by atoms with van der Waals surface area (Å²) in [6, 6.07) is 5.06. The van der Waals surface area contributed by atoms with Crippen LogP contribution in [0.4, 0.5) is 18.0 Å². The quantitative estimate of drug-likeness (QED) is 0.844. The first-order chi connectivity index (χ1) is 11.0. The molecule has 0 spiro atoms. The van der Waals surface area contributed by atoms with Gasteiger partial charge in [-0.3, -0.25) is 0 Å². The highest BCUT2D eigenvalue weighted by Crippen LogP contribution is 2.38. The largest absolute Gasteiger partial charge is 0.444 e. The number of nitrogens with two attached hydrogens (primary N) is 1. The van der Waals surface area contributed by atoms with Crippen molar-refractivity contribution < 1.29 is 22.7 Å². The molecule has 4 nitrogen and oxygen atoms in total. The number of rotatable bonds is 1. The van der Waals surface area contributed by atoms with Crippen LogP contribution in [0, 0.1) is 0 Å². The number of piperidine rings is 1. The van der Waals surface area contributed by atoms with Gasteiger partial charge in [-0.15, -0.1) is 0 Å². The average Bonchev–Trinajstić information content (AvgIpc) is 2.44. The van der Waals surface area contributed by atoms with Crippen LogP contribution in [0.15, 0.2) is 24.3 Å². The maximum Gasteiger partial charge on any atom is 0.416 e. The molecular formula is C17H23F3N2O2.